The fourth-order valence-electron chi connectivity index (χ4n) is 2.15. The summed E-state index contributed by atoms with van der Waals surface area (Å²) in [6.07, 6.45) is 4.48. The van der Waals surface area contributed by atoms with E-state index in [4.69, 9.17) is 10.5 Å². The van der Waals surface area contributed by atoms with Crippen LogP contribution in [-0.4, -0.2) is 18.5 Å². The van der Waals surface area contributed by atoms with Crippen LogP contribution in [0.25, 0.3) is 0 Å². The number of nitrogens with one attached hydrogen (secondary N) is 1. The van der Waals surface area contributed by atoms with Gasteiger partial charge in [-0.15, -0.1) is 0 Å². The summed E-state index contributed by atoms with van der Waals surface area (Å²) < 4.78 is 5.96. The van der Waals surface area contributed by atoms with Crippen LogP contribution in [0.3, 0.4) is 0 Å². The number of hydrogen-bond donors (Lipinski definition) is 2. The van der Waals surface area contributed by atoms with E-state index in [9.17, 15) is 0 Å². The summed E-state index contributed by atoms with van der Waals surface area (Å²) in [5.41, 5.74) is 7.45. The summed E-state index contributed by atoms with van der Waals surface area (Å²) in [6, 6.07) is 5.67. The van der Waals surface area contributed by atoms with Gasteiger partial charge in [-0.25, -0.2) is 0 Å². The van der Waals surface area contributed by atoms with Crippen molar-refractivity contribution in [3.8, 4) is 5.75 Å². The Hall–Kier alpha value is -1.71. The summed E-state index contributed by atoms with van der Waals surface area (Å²) in [5.74, 6) is 1.76. The van der Waals surface area contributed by atoms with Gasteiger partial charge < -0.3 is 15.8 Å². The molecule has 1 aliphatic rings. The molecule has 0 fully saturated rings. The molecule has 2 rings (SSSR count). The number of unbranched alkanes of at least 4 members (excludes halogenated alkanes) is 2. The van der Waals surface area contributed by atoms with Gasteiger partial charge in [0.2, 0.25) is 0 Å². The maximum absolute atomic E-state index is 5.96. The molecule has 4 nitrogen and oxygen atoms in total. The largest absolute Gasteiger partial charge is 0.480 e. The second-order valence-corrected chi connectivity index (χ2v) is 4.87. The molecule has 1 aliphatic heterocycles. The lowest BCUT2D eigenvalue weighted by atomic mass is 10.1. The van der Waals surface area contributed by atoms with Crippen LogP contribution in [0.4, 0.5) is 11.4 Å². The van der Waals surface area contributed by atoms with Crippen LogP contribution in [-0.2, 0) is 0 Å². The van der Waals surface area contributed by atoms with Gasteiger partial charge in [-0.2, -0.15) is 0 Å². The van der Waals surface area contributed by atoms with Gasteiger partial charge in [0.25, 0.3) is 0 Å². The highest BCUT2D eigenvalue weighted by molar-refractivity contribution is 6.02. The predicted molar refractivity (Wildman–Crippen MR) is 81.0 cm³/mol. The van der Waals surface area contributed by atoms with E-state index in [1.807, 2.05) is 18.2 Å². The van der Waals surface area contributed by atoms with Gasteiger partial charge in [0.15, 0.2) is 6.10 Å². The van der Waals surface area contributed by atoms with Crippen LogP contribution >= 0.6 is 0 Å². The molecule has 1 unspecified atom stereocenters. The molecule has 19 heavy (non-hydrogen) atoms. The normalized spacial score (nSPS) is 19.7. The van der Waals surface area contributed by atoms with E-state index in [0.717, 1.165) is 42.3 Å². The van der Waals surface area contributed by atoms with Crippen LogP contribution in [0.5, 0.6) is 5.75 Å². The first kappa shape index (κ1) is 13.7. The number of hydrogen-bond acceptors (Lipinski definition) is 3. The smallest absolute Gasteiger partial charge is 0.155 e. The van der Waals surface area contributed by atoms with Gasteiger partial charge >= 0.3 is 0 Å². The average Bonchev–Trinajstić information content (AvgIpc) is 2.42. The molecule has 0 saturated carbocycles. The number of nitrogens with two attached hydrogens (primary N) is 1. The number of amidine groups is 1. The van der Waals surface area contributed by atoms with Crippen molar-refractivity contribution in [1.29, 1.82) is 0 Å². The summed E-state index contributed by atoms with van der Waals surface area (Å²) >= 11 is 0. The zero-order valence-electron chi connectivity index (χ0n) is 11.8. The molecule has 1 heterocycles. The highest BCUT2D eigenvalue weighted by Gasteiger charge is 2.24. The van der Waals surface area contributed by atoms with Gasteiger partial charge in [-0.05, 0) is 25.0 Å². The molecular formula is C15H23N3O. The molecular weight excluding hydrogens is 238 g/mol. The number of rotatable bonds is 5. The fourth-order valence-corrected chi connectivity index (χ4v) is 2.15. The lowest BCUT2D eigenvalue weighted by Gasteiger charge is -2.28. The molecule has 0 bridgehead atoms. The number of fused-ring (bicyclic) bond motifs is 1. The van der Waals surface area contributed by atoms with Gasteiger partial charge in [0, 0.05) is 18.3 Å². The lowest BCUT2D eigenvalue weighted by molar-refractivity contribution is 0.258. The molecule has 0 spiro atoms. The van der Waals surface area contributed by atoms with E-state index in [1.165, 1.54) is 12.8 Å². The van der Waals surface area contributed by atoms with Crippen molar-refractivity contribution in [2.45, 2.75) is 45.6 Å². The molecule has 1 aromatic rings. The Labute approximate surface area is 115 Å². The predicted octanol–water partition coefficient (Wildman–Crippen LogP) is 3.44. The van der Waals surface area contributed by atoms with Crippen LogP contribution < -0.4 is 15.8 Å². The zero-order valence-corrected chi connectivity index (χ0v) is 11.8. The van der Waals surface area contributed by atoms with E-state index in [1.54, 1.807) is 0 Å². The first-order valence-electron chi connectivity index (χ1n) is 7.12. The minimum absolute atomic E-state index is 0.0101. The number of aliphatic imine (C=N–C) groups is 1. The van der Waals surface area contributed by atoms with Crippen LogP contribution in [0.1, 0.15) is 39.5 Å². The average molecular weight is 261 g/mol. The molecule has 1 atom stereocenters. The number of ether oxygens (including phenoxy) is 1. The molecule has 0 amide bonds. The maximum atomic E-state index is 5.96. The zero-order chi connectivity index (χ0) is 13.7. The molecule has 104 valence electrons. The topological polar surface area (TPSA) is 59.6 Å². The second-order valence-electron chi connectivity index (χ2n) is 4.87. The van der Waals surface area contributed by atoms with Crippen LogP contribution in [0.2, 0.25) is 0 Å². The SMILES string of the molecule is CCCCCN=C1Nc2ccc(N)cc2OC1CC. The Morgan fingerprint density at radius 3 is 2.89 bits per heavy atom. The molecule has 0 saturated heterocycles. The summed E-state index contributed by atoms with van der Waals surface area (Å²) in [7, 11) is 0. The monoisotopic (exact) mass is 261 g/mol. The Morgan fingerprint density at radius 2 is 2.16 bits per heavy atom. The van der Waals surface area contributed by atoms with Gasteiger partial charge in [0.05, 0.1) is 5.69 Å². The van der Waals surface area contributed by atoms with Crippen molar-refractivity contribution in [2.24, 2.45) is 4.99 Å². The first-order chi connectivity index (χ1) is 9.24. The highest BCUT2D eigenvalue weighted by atomic mass is 16.5. The van der Waals surface area contributed by atoms with Crippen LogP contribution in [0.15, 0.2) is 23.2 Å². The Kier molecular flexibility index (Phi) is 4.66. The van der Waals surface area contributed by atoms with Crippen molar-refractivity contribution in [3.63, 3.8) is 0 Å². The van der Waals surface area contributed by atoms with E-state index in [2.05, 4.69) is 24.2 Å². The summed E-state index contributed by atoms with van der Waals surface area (Å²) in [6.45, 7) is 5.16. The number of nitrogen functional groups attached to an aromatic ring is 1. The molecule has 0 aliphatic carbocycles. The number of nitrogens with zero attached hydrogens (tertiary/aromatic N) is 1. The minimum Gasteiger partial charge on any atom is -0.480 e. The fraction of sp³-hybridized carbons (Fsp3) is 0.533. The minimum atomic E-state index is 0.0101. The van der Waals surface area contributed by atoms with Gasteiger partial charge in [0.1, 0.15) is 11.6 Å². The van der Waals surface area contributed by atoms with Gasteiger partial charge in [-0.1, -0.05) is 26.7 Å². The van der Waals surface area contributed by atoms with Crippen molar-refractivity contribution >= 4 is 17.2 Å². The molecule has 3 N–H and O–H groups in total. The Bertz CT molecular complexity index is 457. The Morgan fingerprint density at radius 1 is 1.32 bits per heavy atom. The summed E-state index contributed by atoms with van der Waals surface area (Å²) in [4.78, 5) is 4.64. The lowest BCUT2D eigenvalue weighted by Crippen LogP contribution is -2.37. The van der Waals surface area contributed by atoms with Gasteiger partial charge in [-0.3, -0.25) is 4.99 Å². The molecule has 0 aromatic heterocycles. The van der Waals surface area contributed by atoms with E-state index in [0.29, 0.717) is 0 Å². The van der Waals surface area contributed by atoms with E-state index >= 15 is 0 Å². The number of benzene rings is 1. The standard InChI is InChI=1S/C15H23N3O/c1-3-5-6-9-17-15-13(4-2)19-14-10-11(16)7-8-12(14)18-15/h7-8,10,13H,3-6,9,16H2,1-2H3,(H,17,18). The molecule has 4 heteroatoms. The highest BCUT2D eigenvalue weighted by Crippen LogP contribution is 2.32. The third kappa shape index (κ3) is 3.40. The molecule has 1 aromatic carbocycles. The van der Waals surface area contributed by atoms with Crippen molar-refractivity contribution in [2.75, 3.05) is 17.6 Å². The van der Waals surface area contributed by atoms with Crippen molar-refractivity contribution in [1.82, 2.24) is 0 Å². The third-order valence-electron chi connectivity index (χ3n) is 3.26. The van der Waals surface area contributed by atoms with E-state index in [-0.39, 0.29) is 6.10 Å². The van der Waals surface area contributed by atoms with Crippen molar-refractivity contribution < 1.29 is 4.74 Å². The maximum Gasteiger partial charge on any atom is 0.155 e. The second kappa shape index (κ2) is 6.45. The summed E-state index contributed by atoms with van der Waals surface area (Å²) in [5, 5.41) is 3.37. The Balaban J connectivity index is 2.10. The van der Waals surface area contributed by atoms with Crippen molar-refractivity contribution in [3.05, 3.63) is 18.2 Å². The van der Waals surface area contributed by atoms with E-state index < -0.39 is 0 Å². The first-order valence-corrected chi connectivity index (χ1v) is 7.12. The third-order valence-corrected chi connectivity index (χ3v) is 3.26. The van der Waals surface area contributed by atoms with Crippen LogP contribution in [0, 0.1) is 0 Å². The quantitative estimate of drug-likeness (QED) is 0.630. The molecule has 0 radical (unpaired) electrons. The number of anilines is 2.